The first kappa shape index (κ1) is 32.6. The average molecular weight is 627 g/mol. The summed E-state index contributed by atoms with van der Waals surface area (Å²) in [5.41, 5.74) is 2.57. The summed E-state index contributed by atoms with van der Waals surface area (Å²) in [5, 5.41) is 0. The van der Waals surface area contributed by atoms with Gasteiger partial charge < -0.3 is 33.2 Å². The standard InChI is InChI=1S/C34H50N4O7/c1-5-31(6-2-29(1)33(35-9-17-39-18-10-35)36-11-19-40-20-12-36)44-27-25-43-26-28-45-32-7-3-30(4-8-32)34(37-13-21-41-22-14-37)38-15-23-42-24-16-38/h1-8,33-34H,9-28H2. The van der Waals surface area contributed by atoms with Crippen molar-refractivity contribution < 1.29 is 33.2 Å². The van der Waals surface area contributed by atoms with Gasteiger partial charge in [0, 0.05) is 52.4 Å². The maximum Gasteiger partial charge on any atom is 0.119 e. The van der Waals surface area contributed by atoms with Crippen LogP contribution in [0.25, 0.3) is 0 Å². The molecule has 4 fully saturated rings. The van der Waals surface area contributed by atoms with E-state index in [2.05, 4.69) is 68.1 Å². The minimum atomic E-state index is 0.238. The van der Waals surface area contributed by atoms with Crippen LogP contribution in [-0.4, -0.2) is 151 Å². The fourth-order valence-corrected chi connectivity index (χ4v) is 6.60. The van der Waals surface area contributed by atoms with Crippen molar-refractivity contribution >= 4 is 0 Å². The number of rotatable bonds is 14. The molecule has 0 N–H and O–H groups in total. The van der Waals surface area contributed by atoms with Gasteiger partial charge in [0.1, 0.15) is 24.7 Å². The van der Waals surface area contributed by atoms with E-state index < -0.39 is 0 Å². The normalized spacial score (nSPS) is 21.4. The van der Waals surface area contributed by atoms with E-state index in [1.54, 1.807) is 0 Å². The third-order valence-electron chi connectivity index (χ3n) is 8.92. The summed E-state index contributed by atoms with van der Waals surface area (Å²) in [6.07, 6.45) is 0.477. The Morgan fingerprint density at radius 2 is 0.711 bits per heavy atom. The summed E-state index contributed by atoms with van der Waals surface area (Å²) in [4.78, 5) is 10.1. The molecule has 0 aliphatic carbocycles. The fraction of sp³-hybridized carbons (Fsp3) is 0.647. The summed E-state index contributed by atoms with van der Waals surface area (Å²) < 4.78 is 40.2. The second-order valence-corrected chi connectivity index (χ2v) is 11.8. The van der Waals surface area contributed by atoms with E-state index in [0.29, 0.717) is 26.4 Å². The van der Waals surface area contributed by atoms with Gasteiger partial charge in [0.05, 0.1) is 78.4 Å². The summed E-state index contributed by atoms with van der Waals surface area (Å²) in [6, 6.07) is 17.0. The highest BCUT2D eigenvalue weighted by Crippen LogP contribution is 2.30. The molecule has 0 radical (unpaired) electrons. The number of benzene rings is 2. The van der Waals surface area contributed by atoms with Gasteiger partial charge in [-0.25, -0.2) is 0 Å². The quantitative estimate of drug-likeness (QED) is 0.291. The molecule has 11 heteroatoms. The van der Waals surface area contributed by atoms with Crippen LogP contribution in [0.1, 0.15) is 23.5 Å². The highest BCUT2D eigenvalue weighted by Gasteiger charge is 2.31. The van der Waals surface area contributed by atoms with Crippen LogP contribution in [0.15, 0.2) is 48.5 Å². The molecule has 248 valence electrons. The van der Waals surface area contributed by atoms with Gasteiger partial charge in [-0.3, -0.25) is 19.6 Å². The van der Waals surface area contributed by atoms with Crippen molar-refractivity contribution in [1.82, 2.24) is 19.6 Å². The van der Waals surface area contributed by atoms with Crippen molar-refractivity contribution in [3.8, 4) is 11.5 Å². The van der Waals surface area contributed by atoms with Gasteiger partial charge in [-0.05, 0) is 35.4 Å². The largest absolute Gasteiger partial charge is 0.491 e. The van der Waals surface area contributed by atoms with Crippen LogP contribution in [-0.2, 0) is 23.7 Å². The average Bonchev–Trinajstić information content (AvgIpc) is 3.11. The van der Waals surface area contributed by atoms with Crippen LogP contribution < -0.4 is 9.47 Å². The lowest BCUT2D eigenvalue weighted by atomic mass is 10.1. The zero-order valence-electron chi connectivity index (χ0n) is 26.6. The Bertz CT molecular complexity index is 977. The molecule has 0 aromatic heterocycles. The lowest BCUT2D eigenvalue weighted by molar-refractivity contribution is -0.0676. The Morgan fingerprint density at radius 3 is 1.00 bits per heavy atom. The second kappa shape index (κ2) is 17.6. The van der Waals surface area contributed by atoms with Crippen LogP contribution in [0.4, 0.5) is 0 Å². The zero-order chi connectivity index (χ0) is 30.5. The van der Waals surface area contributed by atoms with Crippen molar-refractivity contribution in [1.29, 1.82) is 0 Å². The van der Waals surface area contributed by atoms with Crippen LogP contribution in [0, 0.1) is 0 Å². The predicted octanol–water partition coefficient (Wildman–Crippen LogP) is 2.49. The van der Waals surface area contributed by atoms with Gasteiger partial charge in [-0.1, -0.05) is 24.3 Å². The summed E-state index contributed by atoms with van der Waals surface area (Å²) in [7, 11) is 0. The molecule has 4 aliphatic rings. The molecule has 11 nitrogen and oxygen atoms in total. The third-order valence-corrected chi connectivity index (χ3v) is 8.92. The first-order valence-corrected chi connectivity index (χ1v) is 16.7. The third kappa shape index (κ3) is 9.37. The van der Waals surface area contributed by atoms with E-state index in [4.69, 9.17) is 33.2 Å². The zero-order valence-corrected chi connectivity index (χ0v) is 26.6. The van der Waals surface area contributed by atoms with E-state index in [1.165, 1.54) is 11.1 Å². The number of nitrogens with zero attached hydrogens (tertiary/aromatic N) is 4. The molecule has 0 bridgehead atoms. The number of hydrogen-bond acceptors (Lipinski definition) is 11. The Balaban J connectivity index is 0.911. The van der Waals surface area contributed by atoms with Crippen LogP contribution in [0.2, 0.25) is 0 Å². The number of ether oxygens (including phenoxy) is 7. The van der Waals surface area contributed by atoms with Crippen molar-refractivity contribution in [2.75, 3.05) is 132 Å². The molecule has 45 heavy (non-hydrogen) atoms. The van der Waals surface area contributed by atoms with Gasteiger partial charge >= 0.3 is 0 Å². The SMILES string of the molecule is c1cc(C(N2CCOCC2)N2CCOCC2)ccc1OCCOCCOc1ccc(C(N2CCOCC2)N2CCOCC2)cc1. The first-order valence-electron chi connectivity index (χ1n) is 16.7. The first-order chi connectivity index (χ1) is 22.3. The fourth-order valence-electron chi connectivity index (χ4n) is 6.60. The van der Waals surface area contributed by atoms with Crippen LogP contribution >= 0.6 is 0 Å². The molecule has 0 unspecified atom stereocenters. The summed E-state index contributed by atoms with van der Waals surface area (Å²) in [5.74, 6) is 1.71. The Labute approximate surface area is 267 Å². The smallest absolute Gasteiger partial charge is 0.119 e. The van der Waals surface area contributed by atoms with E-state index in [-0.39, 0.29) is 12.3 Å². The van der Waals surface area contributed by atoms with E-state index in [9.17, 15) is 0 Å². The van der Waals surface area contributed by atoms with Gasteiger partial charge in [0.2, 0.25) is 0 Å². The molecule has 0 spiro atoms. The monoisotopic (exact) mass is 626 g/mol. The van der Waals surface area contributed by atoms with E-state index >= 15 is 0 Å². The minimum Gasteiger partial charge on any atom is -0.491 e. The highest BCUT2D eigenvalue weighted by molar-refractivity contribution is 5.30. The minimum absolute atomic E-state index is 0.238. The maximum atomic E-state index is 5.98. The van der Waals surface area contributed by atoms with Crippen LogP contribution in [0.5, 0.6) is 11.5 Å². The highest BCUT2D eigenvalue weighted by atomic mass is 16.5. The molecule has 0 amide bonds. The molecule has 0 saturated carbocycles. The maximum absolute atomic E-state index is 5.98. The molecule has 4 heterocycles. The van der Waals surface area contributed by atoms with Crippen LogP contribution in [0.3, 0.4) is 0 Å². The van der Waals surface area contributed by atoms with Gasteiger partial charge in [-0.2, -0.15) is 0 Å². The van der Waals surface area contributed by atoms with Crippen molar-refractivity contribution in [2.45, 2.75) is 12.3 Å². The molecule has 6 rings (SSSR count). The lowest BCUT2D eigenvalue weighted by Gasteiger charge is -2.43. The molecule has 0 atom stereocenters. The summed E-state index contributed by atoms with van der Waals surface area (Å²) in [6.45, 7) is 15.8. The van der Waals surface area contributed by atoms with Crippen molar-refractivity contribution in [3.63, 3.8) is 0 Å². The Hall–Kier alpha value is -2.32. The van der Waals surface area contributed by atoms with E-state index in [0.717, 1.165) is 117 Å². The molecular formula is C34H50N4O7. The van der Waals surface area contributed by atoms with Gasteiger partial charge in [-0.15, -0.1) is 0 Å². The second-order valence-electron chi connectivity index (χ2n) is 11.8. The number of morpholine rings is 4. The molecule has 2 aromatic rings. The molecular weight excluding hydrogens is 576 g/mol. The topological polar surface area (TPSA) is 77.6 Å². The molecule has 2 aromatic carbocycles. The van der Waals surface area contributed by atoms with Gasteiger partial charge in [0.25, 0.3) is 0 Å². The van der Waals surface area contributed by atoms with Crippen molar-refractivity contribution in [2.24, 2.45) is 0 Å². The van der Waals surface area contributed by atoms with Gasteiger partial charge in [0.15, 0.2) is 0 Å². The Morgan fingerprint density at radius 1 is 0.422 bits per heavy atom. The predicted molar refractivity (Wildman–Crippen MR) is 170 cm³/mol. The lowest BCUT2D eigenvalue weighted by Crippen LogP contribution is -2.50. The van der Waals surface area contributed by atoms with E-state index in [1.807, 2.05) is 0 Å². The Kier molecular flexibility index (Phi) is 12.7. The molecule has 4 saturated heterocycles. The summed E-state index contributed by atoms with van der Waals surface area (Å²) >= 11 is 0. The molecule has 4 aliphatic heterocycles. The number of hydrogen-bond donors (Lipinski definition) is 0. The van der Waals surface area contributed by atoms with Crippen molar-refractivity contribution in [3.05, 3.63) is 59.7 Å².